The number of alkyl halides is 6. The van der Waals surface area contributed by atoms with Gasteiger partial charge in [-0.2, -0.15) is 26.3 Å². The SMILES string of the molecule is FC(F)(F)c1ccn2c(-c3cnc[nH]3)c(-c3nc(C(F)(F)F)n[nH]3)nc2n1. The van der Waals surface area contributed by atoms with E-state index in [4.69, 9.17) is 0 Å². The molecule has 0 unspecified atom stereocenters. The molecule has 0 aromatic carbocycles. The van der Waals surface area contributed by atoms with E-state index in [0.29, 0.717) is 0 Å². The van der Waals surface area contributed by atoms with E-state index < -0.39 is 23.9 Å². The van der Waals surface area contributed by atoms with Gasteiger partial charge in [0, 0.05) is 6.20 Å². The second kappa shape index (κ2) is 5.52. The molecule has 0 radical (unpaired) electrons. The van der Waals surface area contributed by atoms with Crippen LogP contribution in [0.3, 0.4) is 0 Å². The van der Waals surface area contributed by atoms with Crippen molar-refractivity contribution in [3.63, 3.8) is 0 Å². The molecule has 0 aliphatic rings. The monoisotopic (exact) mass is 388 g/mol. The van der Waals surface area contributed by atoms with Crippen molar-refractivity contribution < 1.29 is 26.3 Å². The second-order valence-electron chi connectivity index (χ2n) is 5.26. The highest BCUT2D eigenvalue weighted by molar-refractivity contribution is 5.76. The number of aromatic amines is 2. The first kappa shape index (κ1) is 17.0. The van der Waals surface area contributed by atoms with Gasteiger partial charge in [-0.1, -0.05) is 0 Å². The molecule has 0 saturated carbocycles. The fourth-order valence-corrected chi connectivity index (χ4v) is 2.39. The average molecular weight is 388 g/mol. The molecule has 140 valence electrons. The van der Waals surface area contributed by atoms with Gasteiger partial charge in [-0.15, -0.1) is 5.10 Å². The molecule has 14 heteroatoms. The Hall–Kier alpha value is -3.45. The maximum atomic E-state index is 12.9. The van der Waals surface area contributed by atoms with Crippen molar-refractivity contribution in [3.05, 3.63) is 36.3 Å². The van der Waals surface area contributed by atoms with Crippen LogP contribution in [0.5, 0.6) is 0 Å². The molecule has 8 nitrogen and oxygen atoms in total. The third-order valence-corrected chi connectivity index (χ3v) is 3.50. The number of halogens is 6. The zero-order chi connectivity index (χ0) is 19.4. The number of fused-ring (bicyclic) bond motifs is 1. The molecule has 4 aromatic rings. The molecular formula is C13H6F6N8. The van der Waals surface area contributed by atoms with Crippen molar-refractivity contribution in [2.24, 2.45) is 0 Å². The Labute approximate surface area is 144 Å². The molecule has 0 bridgehead atoms. The summed E-state index contributed by atoms with van der Waals surface area (Å²) < 4.78 is 78.1. The van der Waals surface area contributed by atoms with E-state index in [1.54, 1.807) is 0 Å². The number of nitrogens with zero attached hydrogens (tertiary/aromatic N) is 6. The Morgan fingerprint density at radius 1 is 0.963 bits per heavy atom. The third-order valence-electron chi connectivity index (χ3n) is 3.50. The van der Waals surface area contributed by atoms with E-state index in [1.165, 1.54) is 16.9 Å². The number of aromatic nitrogens is 8. The lowest BCUT2D eigenvalue weighted by Gasteiger charge is -2.05. The summed E-state index contributed by atoms with van der Waals surface area (Å²) in [5, 5.41) is 5.17. The average Bonchev–Trinajstić information content (AvgIpc) is 3.30. The highest BCUT2D eigenvalue weighted by Crippen LogP contribution is 2.33. The summed E-state index contributed by atoms with van der Waals surface area (Å²) in [6, 6.07) is 0.722. The Morgan fingerprint density at radius 2 is 1.74 bits per heavy atom. The quantitative estimate of drug-likeness (QED) is 0.515. The Kier molecular flexibility index (Phi) is 3.47. The van der Waals surface area contributed by atoms with Crippen LogP contribution in [0.1, 0.15) is 11.5 Å². The first-order valence-electron chi connectivity index (χ1n) is 7.09. The van der Waals surface area contributed by atoms with Gasteiger partial charge in [-0.3, -0.25) is 9.50 Å². The molecule has 0 spiro atoms. The number of hydrogen-bond donors (Lipinski definition) is 2. The van der Waals surface area contributed by atoms with Crippen LogP contribution >= 0.6 is 0 Å². The van der Waals surface area contributed by atoms with Crippen LogP contribution in [0.25, 0.3) is 28.7 Å². The molecular weight excluding hydrogens is 382 g/mol. The van der Waals surface area contributed by atoms with E-state index in [0.717, 1.165) is 12.3 Å². The highest BCUT2D eigenvalue weighted by Gasteiger charge is 2.37. The minimum absolute atomic E-state index is 0.119. The summed E-state index contributed by atoms with van der Waals surface area (Å²) in [6.07, 6.45) is -5.84. The number of nitrogens with one attached hydrogen (secondary N) is 2. The van der Waals surface area contributed by atoms with Crippen molar-refractivity contribution in [1.29, 1.82) is 0 Å². The predicted molar refractivity (Wildman–Crippen MR) is 75.9 cm³/mol. The van der Waals surface area contributed by atoms with Gasteiger partial charge in [-0.05, 0) is 6.07 Å². The summed E-state index contributed by atoms with van der Waals surface area (Å²) >= 11 is 0. The highest BCUT2D eigenvalue weighted by atomic mass is 19.4. The van der Waals surface area contributed by atoms with Crippen molar-refractivity contribution in [3.8, 4) is 22.9 Å². The van der Waals surface area contributed by atoms with E-state index in [2.05, 4.69) is 35.1 Å². The Balaban J connectivity index is 1.96. The number of hydrogen-bond acceptors (Lipinski definition) is 5. The van der Waals surface area contributed by atoms with Crippen LogP contribution in [0.15, 0.2) is 24.8 Å². The molecule has 0 saturated heterocycles. The standard InChI is InChI=1S/C13H6F6N8/c14-12(15,16)6-1-2-27-8(5-3-20-4-21-5)7(23-11(27)22-6)9-24-10(26-25-9)13(17,18)19/h1-4H,(H,20,21)(H,24,25,26). The molecule has 4 rings (SSSR count). The fourth-order valence-electron chi connectivity index (χ4n) is 2.39. The molecule has 0 aliphatic heterocycles. The molecule has 4 aromatic heterocycles. The molecule has 0 aliphatic carbocycles. The van der Waals surface area contributed by atoms with Crippen molar-refractivity contribution in [2.75, 3.05) is 0 Å². The zero-order valence-corrected chi connectivity index (χ0v) is 12.8. The van der Waals surface area contributed by atoms with Crippen molar-refractivity contribution in [1.82, 2.24) is 39.5 Å². The molecule has 27 heavy (non-hydrogen) atoms. The molecule has 0 fully saturated rings. The Morgan fingerprint density at radius 3 is 2.33 bits per heavy atom. The smallest absolute Gasteiger partial charge is 0.343 e. The van der Waals surface area contributed by atoms with E-state index >= 15 is 0 Å². The fraction of sp³-hybridized carbons (Fsp3) is 0.154. The van der Waals surface area contributed by atoms with Gasteiger partial charge in [0.25, 0.3) is 5.82 Å². The second-order valence-corrected chi connectivity index (χ2v) is 5.26. The van der Waals surface area contributed by atoms with Gasteiger partial charge in [0.15, 0.2) is 5.82 Å². The van der Waals surface area contributed by atoms with Crippen LogP contribution in [0.4, 0.5) is 26.3 Å². The number of imidazole rings is 2. The number of rotatable bonds is 2. The maximum Gasteiger partial charge on any atom is 0.453 e. The van der Waals surface area contributed by atoms with Gasteiger partial charge >= 0.3 is 12.4 Å². The van der Waals surface area contributed by atoms with Crippen molar-refractivity contribution >= 4 is 5.78 Å². The van der Waals surface area contributed by atoms with Gasteiger partial charge < -0.3 is 4.98 Å². The summed E-state index contributed by atoms with van der Waals surface area (Å²) in [7, 11) is 0. The van der Waals surface area contributed by atoms with Crippen LogP contribution in [-0.2, 0) is 12.4 Å². The third kappa shape index (κ3) is 2.88. The van der Waals surface area contributed by atoms with Crippen LogP contribution in [0, 0.1) is 0 Å². The lowest BCUT2D eigenvalue weighted by molar-refractivity contribution is -0.144. The van der Waals surface area contributed by atoms with Crippen molar-refractivity contribution in [2.45, 2.75) is 12.4 Å². The van der Waals surface area contributed by atoms with Gasteiger partial charge in [0.2, 0.25) is 5.78 Å². The predicted octanol–water partition coefficient (Wildman–Crippen LogP) is 2.94. The largest absolute Gasteiger partial charge is 0.453 e. The first-order chi connectivity index (χ1) is 12.6. The summed E-state index contributed by atoms with van der Waals surface area (Å²) in [5.74, 6) is -2.20. The van der Waals surface area contributed by atoms with Gasteiger partial charge in [0.1, 0.15) is 17.1 Å². The lowest BCUT2D eigenvalue weighted by atomic mass is 10.2. The van der Waals surface area contributed by atoms with E-state index in [-0.39, 0.29) is 28.7 Å². The summed E-state index contributed by atoms with van der Waals surface area (Å²) in [6.45, 7) is 0. The Bertz CT molecular complexity index is 1100. The van der Waals surface area contributed by atoms with Crippen LogP contribution in [0.2, 0.25) is 0 Å². The molecule has 0 amide bonds. The molecule has 4 heterocycles. The normalized spacial score (nSPS) is 12.8. The maximum absolute atomic E-state index is 12.9. The van der Waals surface area contributed by atoms with E-state index in [9.17, 15) is 26.3 Å². The molecule has 2 N–H and O–H groups in total. The minimum Gasteiger partial charge on any atom is -0.343 e. The number of H-pyrrole nitrogens is 2. The minimum atomic E-state index is -4.80. The topological polar surface area (TPSA) is 100 Å². The van der Waals surface area contributed by atoms with Crippen LogP contribution in [-0.4, -0.2) is 39.5 Å². The zero-order valence-electron chi connectivity index (χ0n) is 12.8. The van der Waals surface area contributed by atoms with Gasteiger partial charge in [-0.25, -0.2) is 19.9 Å². The summed E-state index contributed by atoms with van der Waals surface area (Å²) in [4.78, 5) is 17.2. The lowest BCUT2D eigenvalue weighted by Crippen LogP contribution is -2.09. The van der Waals surface area contributed by atoms with Gasteiger partial charge in [0.05, 0.1) is 18.2 Å². The van der Waals surface area contributed by atoms with E-state index in [1.807, 2.05) is 0 Å². The molecule has 0 atom stereocenters. The first-order valence-corrected chi connectivity index (χ1v) is 7.09. The summed E-state index contributed by atoms with van der Waals surface area (Å²) in [5.41, 5.74) is -0.969. The van der Waals surface area contributed by atoms with Crippen LogP contribution < -0.4 is 0 Å².